The number of phenols is 1. The fraction of sp³-hybridized carbons (Fsp3) is 0.333. The zero-order valence-corrected chi connectivity index (χ0v) is 14.1. The molecule has 0 aliphatic carbocycles. The van der Waals surface area contributed by atoms with Crippen LogP contribution < -0.4 is 10.3 Å². The monoisotopic (exact) mass is 340 g/mol. The van der Waals surface area contributed by atoms with E-state index in [9.17, 15) is 9.90 Å². The minimum absolute atomic E-state index is 0.0118. The van der Waals surface area contributed by atoms with Crippen molar-refractivity contribution < 1.29 is 9.84 Å². The van der Waals surface area contributed by atoms with Crippen molar-refractivity contribution in [2.24, 2.45) is 0 Å². The molecule has 0 radical (unpaired) electrons. The average Bonchev–Trinajstić information content (AvgIpc) is 2.51. The second-order valence-electron chi connectivity index (χ2n) is 4.65. The number of aromatic hydroxyl groups is 1. The number of rotatable bonds is 5. The van der Waals surface area contributed by atoms with Crippen LogP contribution in [-0.2, 0) is 12.8 Å². The van der Waals surface area contributed by atoms with Crippen molar-refractivity contribution in [3.63, 3.8) is 0 Å². The molecule has 0 saturated heterocycles. The molecule has 5 nitrogen and oxygen atoms in total. The fourth-order valence-corrected chi connectivity index (χ4v) is 2.83. The van der Waals surface area contributed by atoms with Gasteiger partial charge < -0.3 is 14.8 Å². The number of benzene rings is 1. The van der Waals surface area contributed by atoms with E-state index in [1.54, 1.807) is 6.07 Å². The quantitative estimate of drug-likeness (QED) is 0.646. The number of nitrogens with zero attached hydrogens (tertiary/aromatic N) is 1. The molecule has 0 aliphatic heterocycles. The number of aromatic amines is 1. The molecule has 1 heterocycles. The van der Waals surface area contributed by atoms with Crippen LogP contribution in [0.3, 0.4) is 0 Å². The van der Waals surface area contributed by atoms with Gasteiger partial charge in [0.15, 0.2) is 16.7 Å². The van der Waals surface area contributed by atoms with Crippen molar-refractivity contribution in [1.82, 2.24) is 9.97 Å². The molecule has 0 fully saturated rings. The number of aryl methyl sites for hydroxylation is 1. The molecule has 0 saturated carbocycles. The summed E-state index contributed by atoms with van der Waals surface area (Å²) < 4.78 is 5.09. The molecule has 22 heavy (non-hydrogen) atoms. The van der Waals surface area contributed by atoms with Crippen LogP contribution in [0.15, 0.2) is 22.1 Å². The molecule has 7 heteroatoms. The van der Waals surface area contributed by atoms with Gasteiger partial charge in [-0.15, -0.1) is 0 Å². The van der Waals surface area contributed by atoms with E-state index >= 15 is 0 Å². The van der Waals surface area contributed by atoms with Crippen molar-refractivity contribution in [1.29, 1.82) is 0 Å². The smallest absolute Gasteiger partial charge is 0.255 e. The highest BCUT2D eigenvalue weighted by Crippen LogP contribution is 2.34. The summed E-state index contributed by atoms with van der Waals surface area (Å²) in [5, 5.41) is 11.2. The van der Waals surface area contributed by atoms with Crippen LogP contribution in [0.4, 0.5) is 0 Å². The van der Waals surface area contributed by atoms with Gasteiger partial charge in [0, 0.05) is 28.6 Å². The second-order valence-corrected chi connectivity index (χ2v) is 5.88. The van der Waals surface area contributed by atoms with Crippen LogP contribution in [0.5, 0.6) is 11.5 Å². The molecule has 0 spiro atoms. The predicted molar refractivity (Wildman–Crippen MR) is 88.5 cm³/mol. The van der Waals surface area contributed by atoms with Crippen molar-refractivity contribution in [3.8, 4) is 11.5 Å². The third-order valence-electron chi connectivity index (χ3n) is 3.31. The Morgan fingerprint density at radius 2 is 2.18 bits per heavy atom. The highest BCUT2D eigenvalue weighted by atomic mass is 35.5. The van der Waals surface area contributed by atoms with E-state index < -0.39 is 0 Å². The van der Waals surface area contributed by atoms with Gasteiger partial charge in [-0.1, -0.05) is 30.3 Å². The number of nitrogens with one attached hydrogen (secondary N) is 1. The molecule has 0 amide bonds. The van der Waals surface area contributed by atoms with Gasteiger partial charge in [0.1, 0.15) is 0 Å². The number of ether oxygens (including phenoxy) is 1. The maximum absolute atomic E-state index is 12.3. The van der Waals surface area contributed by atoms with Crippen LogP contribution in [0.1, 0.15) is 23.7 Å². The van der Waals surface area contributed by atoms with E-state index in [0.29, 0.717) is 33.4 Å². The number of H-pyrrole nitrogens is 1. The molecule has 2 rings (SSSR count). The summed E-state index contributed by atoms with van der Waals surface area (Å²) in [5.74, 6) is 0.271. The van der Waals surface area contributed by atoms with Crippen LogP contribution in [0.2, 0.25) is 5.02 Å². The van der Waals surface area contributed by atoms with E-state index in [0.717, 1.165) is 0 Å². The summed E-state index contributed by atoms with van der Waals surface area (Å²) >= 11 is 7.41. The molecule has 0 unspecified atom stereocenters. The number of hydrogen-bond acceptors (Lipinski definition) is 5. The molecular weight excluding hydrogens is 324 g/mol. The van der Waals surface area contributed by atoms with Crippen molar-refractivity contribution >= 4 is 23.4 Å². The zero-order valence-electron chi connectivity index (χ0n) is 12.6. The lowest BCUT2D eigenvalue weighted by atomic mass is 10.0. The third kappa shape index (κ3) is 3.39. The first-order valence-electron chi connectivity index (χ1n) is 6.71. The lowest BCUT2D eigenvalue weighted by Gasteiger charge is -2.12. The predicted octanol–water partition coefficient (Wildman–Crippen LogP) is 3.01. The van der Waals surface area contributed by atoms with Gasteiger partial charge in [0.2, 0.25) is 0 Å². The average molecular weight is 341 g/mol. The number of phenolic OH excluding ortho intramolecular Hbond substituents is 1. The minimum atomic E-state index is -0.199. The Labute approximate surface area is 137 Å². The van der Waals surface area contributed by atoms with E-state index in [4.69, 9.17) is 16.3 Å². The Balaban J connectivity index is 2.52. The summed E-state index contributed by atoms with van der Waals surface area (Å²) in [4.78, 5) is 19.4. The lowest BCUT2D eigenvalue weighted by Crippen LogP contribution is -2.19. The molecule has 0 bridgehead atoms. The van der Waals surface area contributed by atoms with Crippen molar-refractivity contribution in [2.45, 2.75) is 24.9 Å². The molecule has 1 aromatic carbocycles. The molecule has 0 aliphatic rings. The Bertz CT molecular complexity index is 746. The van der Waals surface area contributed by atoms with Gasteiger partial charge in [-0.25, -0.2) is 4.98 Å². The number of hydrogen-bond donors (Lipinski definition) is 2. The van der Waals surface area contributed by atoms with Gasteiger partial charge in [0.25, 0.3) is 5.56 Å². The van der Waals surface area contributed by atoms with Crippen molar-refractivity contribution in [2.75, 3.05) is 13.4 Å². The molecule has 1 aromatic heterocycles. The summed E-state index contributed by atoms with van der Waals surface area (Å²) in [6.45, 7) is 1.94. The maximum Gasteiger partial charge on any atom is 0.255 e. The highest BCUT2D eigenvalue weighted by molar-refractivity contribution is 7.98. The Morgan fingerprint density at radius 3 is 2.77 bits per heavy atom. The number of methoxy groups -OCH3 is 1. The highest BCUT2D eigenvalue weighted by Gasteiger charge is 2.16. The van der Waals surface area contributed by atoms with Gasteiger partial charge >= 0.3 is 0 Å². The molecule has 0 atom stereocenters. The van der Waals surface area contributed by atoms with E-state index in [1.165, 1.54) is 24.9 Å². The van der Waals surface area contributed by atoms with Crippen molar-refractivity contribution in [3.05, 3.63) is 44.3 Å². The number of thioether (sulfide) groups is 1. The Morgan fingerprint density at radius 1 is 1.45 bits per heavy atom. The first kappa shape index (κ1) is 16.7. The first-order chi connectivity index (χ1) is 10.5. The second kappa shape index (κ2) is 7.07. The molecule has 118 valence electrons. The SMILES string of the molecule is CCc1nc(SC)[nH]c(=O)c1Cc1cc(Cl)cc(OC)c1O. The first-order valence-corrected chi connectivity index (χ1v) is 8.31. The van der Waals surface area contributed by atoms with E-state index in [1.807, 2.05) is 13.2 Å². The summed E-state index contributed by atoms with van der Waals surface area (Å²) in [6, 6.07) is 3.15. The van der Waals surface area contributed by atoms with Gasteiger partial charge in [-0.05, 0) is 18.7 Å². The summed E-state index contributed by atoms with van der Waals surface area (Å²) in [5.41, 5.74) is 1.57. The van der Waals surface area contributed by atoms with Crippen LogP contribution >= 0.6 is 23.4 Å². The molecular formula is C15H17ClN2O3S. The van der Waals surface area contributed by atoms with Crippen LogP contribution in [-0.4, -0.2) is 28.4 Å². The standard InChI is InChI=1S/C15H17ClN2O3S/c1-4-11-10(14(20)18-15(17-11)22-3)6-8-5-9(16)7-12(21-2)13(8)19/h5,7,19H,4,6H2,1-3H3,(H,17,18,20). The topological polar surface area (TPSA) is 75.2 Å². The number of halogens is 1. The van der Waals surface area contributed by atoms with Crippen LogP contribution in [0, 0.1) is 0 Å². The normalized spacial score (nSPS) is 10.7. The van der Waals surface area contributed by atoms with Crippen LogP contribution in [0.25, 0.3) is 0 Å². The summed E-state index contributed by atoms with van der Waals surface area (Å²) in [6.07, 6.45) is 2.72. The van der Waals surface area contributed by atoms with Gasteiger partial charge in [-0.2, -0.15) is 0 Å². The Hall–Kier alpha value is -1.66. The maximum atomic E-state index is 12.3. The zero-order chi connectivity index (χ0) is 16.3. The summed E-state index contributed by atoms with van der Waals surface area (Å²) in [7, 11) is 1.45. The third-order valence-corrected chi connectivity index (χ3v) is 4.11. The largest absolute Gasteiger partial charge is 0.504 e. The van der Waals surface area contributed by atoms with E-state index in [2.05, 4.69) is 9.97 Å². The lowest BCUT2D eigenvalue weighted by molar-refractivity contribution is 0.371. The van der Waals surface area contributed by atoms with Gasteiger partial charge in [0.05, 0.1) is 12.8 Å². The minimum Gasteiger partial charge on any atom is -0.504 e. The molecule has 2 aromatic rings. The molecule has 2 N–H and O–H groups in total. The fourth-order valence-electron chi connectivity index (χ4n) is 2.20. The van der Waals surface area contributed by atoms with Gasteiger partial charge in [-0.3, -0.25) is 4.79 Å². The Kier molecular flexibility index (Phi) is 5.37. The number of aromatic nitrogens is 2. The van der Waals surface area contributed by atoms with E-state index in [-0.39, 0.29) is 23.5 Å².